The van der Waals surface area contributed by atoms with Gasteiger partial charge in [0.05, 0.1) is 6.61 Å². The molecule has 0 amide bonds. The van der Waals surface area contributed by atoms with Crippen LogP contribution in [0.2, 0.25) is 0 Å². The van der Waals surface area contributed by atoms with Crippen LogP contribution in [0.3, 0.4) is 0 Å². The standard InChI is InChI=1S/C9H11ClN2O/c1-2-13-9-11-6-8(7-12-9)4-3-5-10/h3-4,6-7H,2,5H2,1H3. The molecule has 1 aromatic rings. The fraction of sp³-hybridized carbons (Fsp3) is 0.333. The second-order valence-electron chi connectivity index (χ2n) is 2.29. The minimum Gasteiger partial charge on any atom is -0.464 e. The number of halogens is 1. The predicted octanol–water partition coefficient (Wildman–Crippen LogP) is 2.13. The summed E-state index contributed by atoms with van der Waals surface area (Å²) < 4.78 is 5.09. The molecule has 0 unspecified atom stereocenters. The molecule has 0 aromatic carbocycles. The summed E-state index contributed by atoms with van der Waals surface area (Å²) in [7, 11) is 0. The molecule has 0 aliphatic carbocycles. The van der Waals surface area contributed by atoms with Crippen LogP contribution >= 0.6 is 11.6 Å². The number of allylic oxidation sites excluding steroid dienone is 1. The molecule has 0 bridgehead atoms. The Morgan fingerprint density at radius 3 is 2.69 bits per heavy atom. The number of alkyl halides is 1. The summed E-state index contributed by atoms with van der Waals surface area (Å²) in [4.78, 5) is 7.99. The maximum absolute atomic E-state index is 5.48. The molecule has 1 rings (SSSR count). The van der Waals surface area contributed by atoms with E-state index in [1.165, 1.54) is 0 Å². The van der Waals surface area contributed by atoms with Crippen LogP contribution in [-0.4, -0.2) is 22.5 Å². The third-order valence-electron chi connectivity index (χ3n) is 1.32. The number of rotatable bonds is 4. The highest BCUT2D eigenvalue weighted by molar-refractivity contribution is 6.19. The molecule has 1 heterocycles. The second-order valence-corrected chi connectivity index (χ2v) is 2.60. The molecule has 0 fully saturated rings. The quantitative estimate of drug-likeness (QED) is 0.696. The Bertz CT molecular complexity index is 271. The first-order valence-corrected chi connectivity index (χ1v) is 4.57. The Balaban J connectivity index is 2.64. The SMILES string of the molecule is CCOc1ncc(C=CCCl)cn1. The number of aromatic nitrogens is 2. The topological polar surface area (TPSA) is 35.0 Å². The number of nitrogens with zero attached hydrogens (tertiary/aromatic N) is 2. The molecule has 0 spiro atoms. The third-order valence-corrected chi connectivity index (χ3v) is 1.50. The average Bonchev–Trinajstić information content (AvgIpc) is 2.17. The van der Waals surface area contributed by atoms with Crippen molar-refractivity contribution >= 4 is 17.7 Å². The summed E-state index contributed by atoms with van der Waals surface area (Å²) in [6.45, 7) is 2.47. The Morgan fingerprint density at radius 2 is 2.15 bits per heavy atom. The van der Waals surface area contributed by atoms with Gasteiger partial charge in [0.1, 0.15) is 0 Å². The molecule has 13 heavy (non-hydrogen) atoms. The summed E-state index contributed by atoms with van der Waals surface area (Å²) in [5, 5.41) is 0. The van der Waals surface area contributed by atoms with Crippen molar-refractivity contribution in [1.29, 1.82) is 0 Å². The van der Waals surface area contributed by atoms with Gasteiger partial charge >= 0.3 is 6.01 Å². The smallest absolute Gasteiger partial charge is 0.316 e. The Kier molecular flexibility index (Phi) is 4.26. The molecule has 3 nitrogen and oxygen atoms in total. The summed E-state index contributed by atoms with van der Waals surface area (Å²) >= 11 is 5.48. The molecular weight excluding hydrogens is 188 g/mol. The molecule has 70 valence electrons. The fourth-order valence-electron chi connectivity index (χ4n) is 0.797. The normalized spacial score (nSPS) is 10.6. The zero-order valence-electron chi connectivity index (χ0n) is 7.40. The minimum absolute atomic E-state index is 0.408. The van der Waals surface area contributed by atoms with Crippen LogP contribution in [-0.2, 0) is 0 Å². The molecular formula is C9H11ClN2O. The van der Waals surface area contributed by atoms with Gasteiger partial charge in [-0.3, -0.25) is 0 Å². The zero-order valence-corrected chi connectivity index (χ0v) is 8.16. The number of hydrogen-bond acceptors (Lipinski definition) is 3. The lowest BCUT2D eigenvalue weighted by Crippen LogP contribution is -1.96. The second kappa shape index (κ2) is 5.54. The maximum atomic E-state index is 5.48. The first-order chi connectivity index (χ1) is 6.36. The van der Waals surface area contributed by atoms with E-state index in [0.717, 1.165) is 5.56 Å². The average molecular weight is 199 g/mol. The van der Waals surface area contributed by atoms with E-state index in [4.69, 9.17) is 16.3 Å². The lowest BCUT2D eigenvalue weighted by atomic mass is 10.3. The van der Waals surface area contributed by atoms with Crippen LogP contribution in [0, 0.1) is 0 Å². The lowest BCUT2D eigenvalue weighted by Gasteiger charge is -1.99. The summed E-state index contributed by atoms with van der Waals surface area (Å²) in [5.74, 6) is 0.493. The highest BCUT2D eigenvalue weighted by Crippen LogP contribution is 2.03. The van der Waals surface area contributed by atoms with Gasteiger partial charge in [-0.25, -0.2) is 9.97 Å². The summed E-state index contributed by atoms with van der Waals surface area (Å²) in [5.41, 5.74) is 0.920. The van der Waals surface area contributed by atoms with Crippen molar-refractivity contribution in [2.24, 2.45) is 0 Å². The van der Waals surface area contributed by atoms with E-state index >= 15 is 0 Å². The Labute approximate surface area is 82.4 Å². The summed E-state index contributed by atoms with van der Waals surface area (Å²) in [6.07, 6.45) is 7.09. The highest BCUT2D eigenvalue weighted by atomic mass is 35.5. The monoisotopic (exact) mass is 198 g/mol. The van der Waals surface area contributed by atoms with Gasteiger partial charge in [-0.2, -0.15) is 0 Å². The van der Waals surface area contributed by atoms with Gasteiger partial charge in [-0.1, -0.05) is 12.2 Å². The van der Waals surface area contributed by atoms with Crippen LogP contribution in [0.15, 0.2) is 18.5 Å². The van der Waals surface area contributed by atoms with Crippen LogP contribution in [0.1, 0.15) is 12.5 Å². The van der Waals surface area contributed by atoms with Gasteiger partial charge in [-0.05, 0) is 6.92 Å². The fourth-order valence-corrected chi connectivity index (χ4v) is 0.886. The molecule has 4 heteroatoms. The van der Waals surface area contributed by atoms with Gasteiger partial charge in [0.25, 0.3) is 0 Å². The number of hydrogen-bond donors (Lipinski definition) is 0. The molecule has 0 aliphatic rings. The van der Waals surface area contributed by atoms with Crippen molar-refractivity contribution in [2.45, 2.75) is 6.92 Å². The van der Waals surface area contributed by atoms with Crippen molar-refractivity contribution in [3.05, 3.63) is 24.0 Å². The molecule has 0 N–H and O–H groups in total. The van der Waals surface area contributed by atoms with Gasteiger partial charge in [0, 0.05) is 23.8 Å². The van der Waals surface area contributed by atoms with E-state index in [9.17, 15) is 0 Å². The van der Waals surface area contributed by atoms with E-state index in [0.29, 0.717) is 18.5 Å². The van der Waals surface area contributed by atoms with Crippen LogP contribution < -0.4 is 4.74 Å². The zero-order chi connectivity index (χ0) is 9.52. The van der Waals surface area contributed by atoms with Crippen molar-refractivity contribution < 1.29 is 4.74 Å². The lowest BCUT2D eigenvalue weighted by molar-refractivity contribution is 0.312. The van der Waals surface area contributed by atoms with Crippen molar-refractivity contribution in [3.8, 4) is 6.01 Å². The van der Waals surface area contributed by atoms with E-state index in [2.05, 4.69) is 9.97 Å². The van der Waals surface area contributed by atoms with Crippen molar-refractivity contribution in [2.75, 3.05) is 12.5 Å². The van der Waals surface area contributed by atoms with E-state index in [1.807, 2.05) is 19.1 Å². The molecule has 1 aromatic heterocycles. The van der Waals surface area contributed by atoms with Gasteiger partial charge in [-0.15, -0.1) is 11.6 Å². The molecule has 0 saturated heterocycles. The van der Waals surface area contributed by atoms with E-state index in [1.54, 1.807) is 12.4 Å². The van der Waals surface area contributed by atoms with Crippen LogP contribution in [0.4, 0.5) is 0 Å². The van der Waals surface area contributed by atoms with Crippen molar-refractivity contribution in [3.63, 3.8) is 0 Å². The Hall–Kier alpha value is -1.09. The molecule has 0 saturated carbocycles. The predicted molar refractivity (Wildman–Crippen MR) is 53.0 cm³/mol. The van der Waals surface area contributed by atoms with Crippen LogP contribution in [0.5, 0.6) is 6.01 Å². The molecule has 0 radical (unpaired) electrons. The minimum atomic E-state index is 0.408. The van der Waals surface area contributed by atoms with Crippen LogP contribution in [0.25, 0.3) is 6.08 Å². The molecule has 0 aliphatic heterocycles. The van der Waals surface area contributed by atoms with E-state index in [-0.39, 0.29) is 0 Å². The maximum Gasteiger partial charge on any atom is 0.316 e. The van der Waals surface area contributed by atoms with Gasteiger partial charge in [0.2, 0.25) is 0 Å². The Morgan fingerprint density at radius 1 is 1.46 bits per heavy atom. The van der Waals surface area contributed by atoms with E-state index < -0.39 is 0 Å². The summed E-state index contributed by atoms with van der Waals surface area (Å²) in [6, 6.07) is 0.408. The first kappa shape index (κ1) is 9.99. The van der Waals surface area contributed by atoms with Gasteiger partial charge < -0.3 is 4.74 Å². The number of ether oxygens (including phenoxy) is 1. The molecule has 0 atom stereocenters. The highest BCUT2D eigenvalue weighted by Gasteiger charge is 1.93. The van der Waals surface area contributed by atoms with Crippen molar-refractivity contribution in [1.82, 2.24) is 9.97 Å². The van der Waals surface area contributed by atoms with Gasteiger partial charge in [0.15, 0.2) is 0 Å². The third kappa shape index (κ3) is 3.42. The largest absolute Gasteiger partial charge is 0.464 e. The first-order valence-electron chi connectivity index (χ1n) is 4.04.